The quantitative estimate of drug-likeness (QED) is 0.265. The van der Waals surface area contributed by atoms with E-state index in [2.05, 4.69) is 82.5 Å². The third-order valence-electron chi connectivity index (χ3n) is 6.93. The summed E-state index contributed by atoms with van der Waals surface area (Å²) in [7, 11) is 0. The molecule has 0 bridgehead atoms. The molecule has 0 aliphatic rings. The Morgan fingerprint density at radius 1 is 0.771 bits per heavy atom. The Labute approximate surface area is 210 Å². The molecular weight excluding hydrogens is 453 g/mol. The van der Waals surface area contributed by atoms with Crippen LogP contribution in [-0.2, 0) is 10.8 Å². The second-order valence-corrected chi connectivity index (χ2v) is 12.4. The monoisotopic (exact) mass is 485 g/mol. The predicted molar refractivity (Wildman–Crippen MR) is 148 cm³/mol. The number of nitrogens with zero attached hydrogens (tertiary/aromatic N) is 1. The lowest BCUT2D eigenvalue weighted by Crippen LogP contribution is -2.10. The summed E-state index contributed by atoms with van der Waals surface area (Å²) in [6, 6.07) is 18.0. The molecule has 2 heterocycles. The maximum atomic E-state index is 14.0. The first-order chi connectivity index (χ1) is 16.4. The summed E-state index contributed by atoms with van der Waals surface area (Å²) in [5.74, 6) is -0.122. The number of fused-ring (bicyclic) bond motifs is 3. The van der Waals surface area contributed by atoms with Gasteiger partial charge < -0.3 is 9.67 Å². The van der Waals surface area contributed by atoms with Crippen LogP contribution in [0.1, 0.15) is 58.2 Å². The molecule has 2 nitrogen and oxygen atoms in total. The topological polar surface area (TPSA) is 25.2 Å². The van der Waals surface area contributed by atoms with Crippen LogP contribution in [0.4, 0.5) is 4.39 Å². The van der Waals surface area contributed by atoms with Gasteiger partial charge in [-0.05, 0) is 70.8 Å². The zero-order chi connectivity index (χ0) is 25.3. The highest BCUT2D eigenvalue weighted by Crippen LogP contribution is 2.45. The van der Waals surface area contributed by atoms with Crippen molar-refractivity contribution in [3.63, 3.8) is 0 Å². The minimum atomic E-state index is -0.304. The van der Waals surface area contributed by atoms with E-state index in [-0.39, 0.29) is 22.4 Å². The SMILES string of the molecule is Cc1ccc(F)cc1-c1scc(-n2c3ccc(C(C)(C)C)cc3c3cc(C(C)(C)C)ccc32)c1O. The fraction of sp³-hybridized carbons (Fsp3) is 0.290. The number of aryl methyl sites for hydroxylation is 1. The van der Waals surface area contributed by atoms with Gasteiger partial charge >= 0.3 is 0 Å². The molecular formula is C31H32FNOS. The molecule has 0 aliphatic heterocycles. The van der Waals surface area contributed by atoms with Crippen LogP contribution in [-0.4, -0.2) is 9.67 Å². The Morgan fingerprint density at radius 3 is 1.83 bits per heavy atom. The lowest BCUT2D eigenvalue weighted by atomic mass is 9.85. The van der Waals surface area contributed by atoms with Crippen molar-refractivity contribution in [2.24, 2.45) is 0 Å². The largest absolute Gasteiger partial charge is 0.504 e. The standard InChI is InChI=1S/C31H32FNOS/c1-18-8-11-21(32)16-22(18)29-28(34)27(17-35-29)33-25-12-9-19(30(2,3)4)14-23(25)24-15-20(31(5,6)7)10-13-26(24)33/h8-17,34H,1-7H3. The minimum absolute atomic E-state index is 0.0247. The Morgan fingerprint density at radius 2 is 1.31 bits per heavy atom. The highest BCUT2D eigenvalue weighted by atomic mass is 32.1. The molecule has 0 saturated carbocycles. The second-order valence-electron chi connectivity index (χ2n) is 11.6. The molecule has 35 heavy (non-hydrogen) atoms. The Bertz CT molecular complexity index is 1520. The number of aromatic hydroxyl groups is 1. The van der Waals surface area contributed by atoms with Crippen LogP contribution in [0.15, 0.2) is 60.0 Å². The number of aromatic nitrogens is 1. The number of halogens is 1. The summed E-state index contributed by atoms with van der Waals surface area (Å²) in [4.78, 5) is 0.685. The van der Waals surface area contributed by atoms with E-state index < -0.39 is 0 Å². The van der Waals surface area contributed by atoms with E-state index in [1.165, 1.54) is 45.4 Å². The van der Waals surface area contributed by atoms with E-state index >= 15 is 0 Å². The van der Waals surface area contributed by atoms with Crippen molar-refractivity contribution in [2.75, 3.05) is 0 Å². The molecule has 0 amide bonds. The van der Waals surface area contributed by atoms with E-state index in [1.54, 1.807) is 6.07 Å². The Hall–Kier alpha value is -3.11. The van der Waals surface area contributed by atoms with E-state index in [4.69, 9.17) is 0 Å². The van der Waals surface area contributed by atoms with Gasteiger partial charge in [0.1, 0.15) is 5.82 Å². The molecule has 5 aromatic rings. The number of benzene rings is 3. The van der Waals surface area contributed by atoms with Gasteiger partial charge in [0.15, 0.2) is 5.75 Å². The minimum Gasteiger partial charge on any atom is -0.504 e. The van der Waals surface area contributed by atoms with Crippen LogP contribution in [0, 0.1) is 12.7 Å². The van der Waals surface area contributed by atoms with Gasteiger partial charge in [0.05, 0.1) is 21.6 Å². The molecule has 0 unspecified atom stereocenters. The van der Waals surface area contributed by atoms with E-state index in [0.717, 1.165) is 27.8 Å². The number of hydrogen-bond acceptors (Lipinski definition) is 2. The van der Waals surface area contributed by atoms with Crippen molar-refractivity contribution in [3.8, 4) is 21.9 Å². The maximum Gasteiger partial charge on any atom is 0.158 e. The van der Waals surface area contributed by atoms with Crippen LogP contribution in [0.2, 0.25) is 0 Å². The average Bonchev–Trinajstić information content (AvgIpc) is 3.30. The van der Waals surface area contributed by atoms with Crippen molar-refractivity contribution in [3.05, 3.63) is 82.5 Å². The van der Waals surface area contributed by atoms with E-state index in [0.29, 0.717) is 4.88 Å². The summed E-state index contributed by atoms with van der Waals surface area (Å²) in [5, 5.41) is 15.7. The summed E-state index contributed by atoms with van der Waals surface area (Å²) in [6.07, 6.45) is 0. The third kappa shape index (κ3) is 3.94. The van der Waals surface area contributed by atoms with Crippen LogP contribution in [0.5, 0.6) is 5.75 Å². The van der Waals surface area contributed by atoms with Crippen LogP contribution in [0.3, 0.4) is 0 Å². The van der Waals surface area contributed by atoms with Crippen LogP contribution in [0.25, 0.3) is 37.9 Å². The average molecular weight is 486 g/mol. The molecule has 5 rings (SSSR count). The molecule has 0 spiro atoms. The van der Waals surface area contributed by atoms with Crippen molar-refractivity contribution in [1.29, 1.82) is 0 Å². The fourth-order valence-electron chi connectivity index (χ4n) is 4.75. The molecule has 180 valence electrons. The van der Waals surface area contributed by atoms with Crippen molar-refractivity contribution in [1.82, 2.24) is 4.57 Å². The zero-order valence-electron chi connectivity index (χ0n) is 21.5. The molecule has 0 fully saturated rings. The number of thiophene rings is 1. The van der Waals surface area contributed by atoms with E-state index in [9.17, 15) is 9.50 Å². The predicted octanol–water partition coefficient (Wildman–Crippen LogP) is 9.26. The lowest BCUT2D eigenvalue weighted by Gasteiger charge is -2.19. The molecule has 0 atom stereocenters. The summed E-state index contributed by atoms with van der Waals surface area (Å²) < 4.78 is 16.2. The van der Waals surface area contributed by atoms with Gasteiger partial charge in [0.2, 0.25) is 0 Å². The summed E-state index contributed by atoms with van der Waals surface area (Å²) in [6.45, 7) is 15.3. The van der Waals surface area contributed by atoms with Gasteiger partial charge in [-0.3, -0.25) is 0 Å². The normalized spacial score (nSPS) is 12.7. The zero-order valence-corrected chi connectivity index (χ0v) is 22.3. The van der Waals surface area contributed by atoms with Crippen LogP contribution < -0.4 is 0 Å². The van der Waals surface area contributed by atoms with Crippen LogP contribution >= 0.6 is 11.3 Å². The van der Waals surface area contributed by atoms with Crippen molar-refractivity contribution in [2.45, 2.75) is 59.3 Å². The fourth-order valence-corrected chi connectivity index (χ4v) is 5.76. The Kier molecular flexibility index (Phi) is 5.37. The molecule has 3 aromatic carbocycles. The molecule has 4 heteroatoms. The summed E-state index contributed by atoms with van der Waals surface area (Å²) >= 11 is 1.44. The smallest absolute Gasteiger partial charge is 0.158 e. The highest BCUT2D eigenvalue weighted by molar-refractivity contribution is 7.14. The van der Waals surface area contributed by atoms with Gasteiger partial charge in [-0.25, -0.2) is 4.39 Å². The molecule has 2 aromatic heterocycles. The molecule has 1 N–H and O–H groups in total. The first kappa shape index (κ1) is 23.6. The number of rotatable bonds is 2. The van der Waals surface area contributed by atoms with Crippen molar-refractivity contribution >= 4 is 33.1 Å². The molecule has 0 aliphatic carbocycles. The van der Waals surface area contributed by atoms with Gasteiger partial charge in [-0.2, -0.15) is 0 Å². The molecule has 0 saturated heterocycles. The number of hydrogen-bond donors (Lipinski definition) is 1. The van der Waals surface area contributed by atoms with E-state index in [1.807, 2.05) is 12.3 Å². The van der Waals surface area contributed by atoms with Gasteiger partial charge in [0, 0.05) is 21.7 Å². The Balaban J connectivity index is 1.83. The second kappa shape index (κ2) is 7.96. The van der Waals surface area contributed by atoms with Gasteiger partial charge in [0.25, 0.3) is 0 Å². The van der Waals surface area contributed by atoms with Crippen molar-refractivity contribution < 1.29 is 9.50 Å². The highest BCUT2D eigenvalue weighted by Gasteiger charge is 2.23. The third-order valence-corrected chi connectivity index (χ3v) is 7.92. The summed E-state index contributed by atoms with van der Waals surface area (Å²) in [5.41, 5.74) is 7.08. The first-order valence-electron chi connectivity index (χ1n) is 12.0. The van der Waals surface area contributed by atoms with Gasteiger partial charge in [-0.15, -0.1) is 11.3 Å². The lowest BCUT2D eigenvalue weighted by molar-refractivity contribution is 0.477. The maximum absolute atomic E-state index is 14.0. The van der Waals surface area contributed by atoms with Gasteiger partial charge in [-0.1, -0.05) is 59.7 Å². The first-order valence-corrected chi connectivity index (χ1v) is 12.9. The molecule has 0 radical (unpaired) electrons.